The van der Waals surface area contributed by atoms with Crippen LogP contribution in [-0.2, 0) is 24.5 Å². The van der Waals surface area contributed by atoms with E-state index in [0.29, 0.717) is 13.2 Å². The number of esters is 1. The van der Waals surface area contributed by atoms with E-state index in [9.17, 15) is 13.2 Å². The Morgan fingerprint density at radius 1 is 1.39 bits per heavy atom. The van der Waals surface area contributed by atoms with Gasteiger partial charge in [0.25, 0.3) is 10.2 Å². The van der Waals surface area contributed by atoms with Gasteiger partial charge in [0, 0.05) is 26.7 Å². The molecule has 8 heteroatoms. The lowest BCUT2D eigenvalue weighted by atomic mass is 9.99. The molecule has 1 aliphatic rings. The number of ether oxygens (including phenoxy) is 2. The summed E-state index contributed by atoms with van der Waals surface area (Å²) in [6.07, 6.45) is 0. The van der Waals surface area contributed by atoms with Gasteiger partial charge in [0.15, 0.2) is 0 Å². The molecule has 0 aromatic carbocycles. The predicted octanol–water partition coefficient (Wildman–Crippen LogP) is -0.792. The summed E-state index contributed by atoms with van der Waals surface area (Å²) in [5.41, 5.74) is 0. The number of rotatable bonds is 6. The molecule has 0 amide bonds. The van der Waals surface area contributed by atoms with E-state index in [0.717, 1.165) is 0 Å². The summed E-state index contributed by atoms with van der Waals surface area (Å²) in [5, 5.41) is 0. The average molecular weight is 280 g/mol. The molecule has 0 radical (unpaired) electrons. The maximum Gasteiger partial charge on any atom is 0.310 e. The molecule has 2 unspecified atom stereocenters. The van der Waals surface area contributed by atoms with Crippen LogP contribution in [-0.4, -0.2) is 59.2 Å². The molecule has 7 nitrogen and oxygen atoms in total. The van der Waals surface area contributed by atoms with Gasteiger partial charge >= 0.3 is 5.97 Å². The van der Waals surface area contributed by atoms with E-state index in [-0.39, 0.29) is 25.0 Å². The second kappa shape index (κ2) is 6.46. The quantitative estimate of drug-likeness (QED) is 0.509. The van der Waals surface area contributed by atoms with Crippen molar-refractivity contribution in [1.82, 2.24) is 9.03 Å². The Bertz CT molecular complexity index is 384. The van der Waals surface area contributed by atoms with E-state index in [2.05, 4.69) is 9.46 Å². The zero-order valence-electron chi connectivity index (χ0n) is 10.9. The van der Waals surface area contributed by atoms with Crippen LogP contribution >= 0.6 is 0 Å². The molecule has 0 aliphatic carbocycles. The van der Waals surface area contributed by atoms with E-state index in [1.807, 2.05) is 6.92 Å². The van der Waals surface area contributed by atoms with Crippen molar-refractivity contribution in [2.24, 2.45) is 11.8 Å². The Morgan fingerprint density at radius 3 is 2.61 bits per heavy atom. The fraction of sp³-hybridized carbons (Fsp3) is 0.900. The molecule has 1 heterocycles. The summed E-state index contributed by atoms with van der Waals surface area (Å²) < 4.78 is 37.0. The molecule has 0 saturated carbocycles. The molecule has 106 valence electrons. The second-order valence-electron chi connectivity index (χ2n) is 4.32. The minimum atomic E-state index is -3.54. The van der Waals surface area contributed by atoms with Crippen LogP contribution in [0.15, 0.2) is 0 Å². The van der Waals surface area contributed by atoms with Gasteiger partial charge in [0.1, 0.15) is 0 Å². The number of hydrogen-bond donors (Lipinski definition) is 1. The first-order valence-electron chi connectivity index (χ1n) is 5.74. The van der Waals surface area contributed by atoms with Crippen LogP contribution in [0.2, 0.25) is 0 Å². The average Bonchev–Trinajstić information content (AvgIpc) is 2.71. The molecule has 0 aromatic rings. The van der Waals surface area contributed by atoms with E-state index >= 15 is 0 Å². The maximum absolute atomic E-state index is 11.9. The number of carbonyl (C=O) groups is 1. The Labute approximate surface area is 108 Å². The van der Waals surface area contributed by atoms with Gasteiger partial charge in [-0.1, -0.05) is 6.92 Å². The molecule has 0 bridgehead atoms. The van der Waals surface area contributed by atoms with Gasteiger partial charge in [0.2, 0.25) is 0 Å². The number of nitrogens with zero attached hydrogens (tertiary/aromatic N) is 1. The highest BCUT2D eigenvalue weighted by Crippen LogP contribution is 2.25. The molecular formula is C10H20N2O5S. The van der Waals surface area contributed by atoms with E-state index in [1.54, 1.807) is 0 Å². The third kappa shape index (κ3) is 3.64. The Balaban J connectivity index is 2.61. The van der Waals surface area contributed by atoms with Gasteiger partial charge in [-0.25, -0.2) is 0 Å². The van der Waals surface area contributed by atoms with E-state index < -0.39 is 16.1 Å². The molecule has 0 spiro atoms. The van der Waals surface area contributed by atoms with Crippen molar-refractivity contribution in [2.45, 2.75) is 6.92 Å². The van der Waals surface area contributed by atoms with Crippen molar-refractivity contribution in [1.29, 1.82) is 0 Å². The highest BCUT2D eigenvalue weighted by molar-refractivity contribution is 7.87. The van der Waals surface area contributed by atoms with Crippen molar-refractivity contribution in [3.05, 3.63) is 0 Å². The Morgan fingerprint density at radius 2 is 2.06 bits per heavy atom. The normalized spacial score (nSPS) is 25.3. The SMILES string of the molecule is COCCNS(=O)(=O)N1CC(C)C(C(=O)OC)C1. The third-order valence-electron chi connectivity index (χ3n) is 3.01. The molecule has 1 saturated heterocycles. The molecule has 18 heavy (non-hydrogen) atoms. The van der Waals surface area contributed by atoms with Crippen LogP contribution in [0.5, 0.6) is 0 Å². The molecule has 0 aromatic heterocycles. The Hall–Kier alpha value is -0.700. The minimum Gasteiger partial charge on any atom is -0.469 e. The first kappa shape index (κ1) is 15.4. The summed E-state index contributed by atoms with van der Waals surface area (Å²) in [6, 6.07) is 0. The summed E-state index contributed by atoms with van der Waals surface area (Å²) in [7, 11) is -0.736. The number of carbonyl (C=O) groups excluding carboxylic acids is 1. The minimum absolute atomic E-state index is 0.0450. The molecule has 1 aliphatic heterocycles. The van der Waals surface area contributed by atoms with Crippen LogP contribution in [0.4, 0.5) is 0 Å². The number of hydrogen-bond acceptors (Lipinski definition) is 5. The predicted molar refractivity (Wildman–Crippen MR) is 65.0 cm³/mol. The van der Waals surface area contributed by atoms with Crippen LogP contribution < -0.4 is 4.72 Å². The van der Waals surface area contributed by atoms with Crippen molar-refractivity contribution >= 4 is 16.2 Å². The van der Waals surface area contributed by atoms with Crippen molar-refractivity contribution in [3.63, 3.8) is 0 Å². The topological polar surface area (TPSA) is 84.9 Å². The van der Waals surface area contributed by atoms with Gasteiger partial charge in [-0.05, 0) is 5.92 Å². The fourth-order valence-electron chi connectivity index (χ4n) is 1.94. The zero-order valence-corrected chi connectivity index (χ0v) is 11.7. The summed E-state index contributed by atoms with van der Waals surface area (Å²) in [4.78, 5) is 11.5. The van der Waals surface area contributed by atoms with Crippen LogP contribution in [0.25, 0.3) is 0 Å². The van der Waals surface area contributed by atoms with Gasteiger partial charge in [-0.2, -0.15) is 17.4 Å². The summed E-state index contributed by atoms with van der Waals surface area (Å²) in [5.74, 6) is -0.803. The maximum atomic E-state index is 11.9. The van der Waals surface area contributed by atoms with Gasteiger partial charge in [0.05, 0.1) is 19.6 Å². The van der Waals surface area contributed by atoms with E-state index in [4.69, 9.17) is 4.74 Å². The zero-order chi connectivity index (χ0) is 13.8. The van der Waals surface area contributed by atoms with Crippen molar-refractivity contribution in [3.8, 4) is 0 Å². The monoisotopic (exact) mass is 280 g/mol. The first-order valence-corrected chi connectivity index (χ1v) is 7.18. The lowest BCUT2D eigenvalue weighted by molar-refractivity contribution is -0.145. The highest BCUT2D eigenvalue weighted by atomic mass is 32.2. The lowest BCUT2D eigenvalue weighted by Crippen LogP contribution is -2.41. The van der Waals surface area contributed by atoms with E-state index in [1.165, 1.54) is 18.5 Å². The number of nitrogens with one attached hydrogen (secondary N) is 1. The molecule has 1 fully saturated rings. The smallest absolute Gasteiger partial charge is 0.310 e. The van der Waals surface area contributed by atoms with Gasteiger partial charge < -0.3 is 9.47 Å². The molecule has 1 rings (SSSR count). The highest BCUT2D eigenvalue weighted by Gasteiger charge is 2.40. The first-order chi connectivity index (χ1) is 8.42. The Kier molecular flexibility index (Phi) is 5.51. The van der Waals surface area contributed by atoms with Crippen molar-refractivity contribution < 1.29 is 22.7 Å². The fourth-order valence-corrected chi connectivity index (χ4v) is 3.25. The van der Waals surface area contributed by atoms with Crippen LogP contribution in [0.3, 0.4) is 0 Å². The molecule has 1 N–H and O–H groups in total. The van der Waals surface area contributed by atoms with Gasteiger partial charge in [-0.3, -0.25) is 4.79 Å². The number of methoxy groups -OCH3 is 2. The molecule has 2 atom stereocenters. The largest absolute Gasteiger partial charge is 0.469 e. The van der Waals surface area contributed by atoms with Crippen molar-refractivity contribution in [2.75, 3.05) is 40.5 Å². The lowest BCUT2D eigenvalue weighted by Gasteiger charge is -2.16. The second-order valence-corrected chi connectivity index (χ2v) is 6.07. The standard InChI is InChI=1S/C10H20N2O5S/c1-8-6-12(7-9(8)10(13)17-3)18(14,15)11-4-5-16-2/h8-9,11H,4-7H2,1-3H3. The molecular weight excluding hydrogens is 260 g/mol. The van der Waals surface area contributed by atoms with Gasteiger partial charge in [-0.15, -0.1) is 0 Å². The summed E-state index contributed by atoms with van der Waals surface area (Å²) >= 11 is 0. The summed E-state index contributed by atoms with van der Waals surface area (Å²) in [6.45, 7) is 2.85. The van der Waals surface area contributed by atoms with Crippen LogP contribution in [0.1, 0.15) is 6.92 Å². The third-order valence-corrected chi connectivity index (χ3v) is 4.56. The van der Waals surface area contributed by atoms with Crippen LogP contribution in [0, 0.1) is 11.8 Å².